The third-order valence-corrected chi connectivity index (χ3v) is 1.11. The Hall–Kier alpha value is -1.72. The zero-order valence-corrected chi connectivity index (χ0v) is 6.73. The van der Waals surface area contributed by atoms with Crippen LogP contribution in [0.1, 0.15) is 0 Å². The number of hydrogen-bond acceptors (Lipinski definition) is 6. The first kappa shape index (κ1) is 9.37. The first-order valence-corrected chi connectivity index (χ1v) is 3.51. The van der Waals surface area contributed by atoms with E-state index in [2.05, 4.69) is 0 Å². The van der Waals surface area contributed by atoms with Crippen LogP contribution in [0, 0.1) is 0 Å². The summed E-state index contributed by atoms with van der Waals surface area (Å²) >= 11 is 0. The normalized spacial score (nSPS) is 14.5. The molecule has 0 aromatic carbocycles. The van der Waals surface area contributed by atoms with Crippen LogP contribution in [0.4, 0.5) is 0 Å². The minimum Gasteiger partial charge on any atom is -0.453 e. The predicted octanol–water partition coefficient (Wildman–Crippen LogP) is -0.452. The van der Waals surface area contributed by atoms with E-state index >= 15 is 0 Å². The van der Waals surface area contributed by atoms with Crippen LogP contribution in [0.2, 0.25) is 0 Å². The van der Waals surface area contributed by atoms with E-state index in [-0.39, 0.29) is 31.9 Å². The lowest BCUT2D eigenvalue weighted by Crippen LogP contribution is -2.01. The van der Waals surface area contributed by atoms with Crippen molar-refractivity contribution in [2.75, 3.05) is 20.0 Å². The fraction of sp³-hybridized carbons (Fsp3) is 0.429. The van der Waals surface area contributed by atoms with Crippen molar-refractivity contribution in [3.63, 3.8) is 0 Å². The summed E-state index contributed by atoms with van der Waals surface area (Å²) in [5.41, 5.74) is 0. The maximum Gasteiger partial charge on any atom is 0.367 e. The van der Waals surface area contributed by atoms with Gasteiger partial charge in [-0.2, -0.15) is 0 Å². The molecule has 0 aromatic heterocycles. The highest BCUT2D eigenvalue weighted by molar-refractivity contribution is 5.51. The maximum absolute atomic E-state index is 9.94. The molecule has 0 amide bonds. The molecule has 0 fully saturated rings. The molecule has 0 radical (unpaired) electrons. The van der Waals surface area contributed by atoms with Gasteiger partial charge in [0.2, 0.25) is 6.79 Å². The van der Waals surface area contributed by atoms with Crippen LogP contribution >= 0.6 is 0 Å². The molecule has 0 atom stereocenters. The van der Waals surface area contributed by atoms with Gasteiger partial charge in [0.25, 0.3) is 0 Å². The summed E-state index contributed by atoms with van der Waals surface area (Å²) in [4.78, 5) is 19.9. The molecule has 6 heteroatoms. The average Bonchev–Trinajstić information content (AvgIpc) is 2.59. The summed E-state index contributed by atoms with van der Waals surface area (Å²) in [5, 5.41) is 0. The van der Waals surface area contributed by atoms with Gasteiger partial charge in [0.15, 0.2) is 12.6 Å². The SMILES string of the molecule is O=CCOC1=C(OCC=O)OCO1. The van der Waals surface area contributed by atoms with Crippen LogP contribution in [0.25, 0.3) is 0 Å². The summed E-state index contributed by atoms with van der Waals surface area (Å²) in [7, 11) is 0. The zero-order chi connectivity index (χ0) is 9.52. The van der Waals surface area contributed by atoms with Gasteiger partial charge in [-0.3, -0.25) is 9.59 Å². The minimum absolute atomic E-state index is 0.00560. The smallest absolute Gasteiger partial charge is 0.367 e. The molecule has 0 aliphatic carbocycles. The number of hydrogen-bond donors (Lipinski definition) is 0. The van der Waals surface area contributed by atoms with Gasteiger partial charge in [0, 0.05) is 0 Å². The number of carbonyl (C=O) groups is 2. The van der Waals surface area contributed by atoms with Crippen LogP contribution in [0.3, 0.4) is 0 Å². The van der Waals surface area contributed by atoms with Crippen molar-refractivity contribution in [1.29, 1.82) is 0 Å². The summed E-state index contributed by atoms with van der Waals surface area (Å²) in [6.07, 6.45) is 1.12. The van der Waals surface area contributed by atoms with Crippen molar-refractivity contribution in [3.8, 4) is 0 Å². The maximum atomic E-state index is 9.94. The van der Waals surface area contributed by atoms with Gasteiger partial charge in [0.05, 0.1) is 0 Å². The van der Waals surface area contributed by atoms with Crippen molar-refractivity contribution >= 4 is 12.6 Å². The van der Waals surface area contributed by atoms with Crippen LogP contribution in [-0.4, -0.2) is 32.6 Å². The fourth-order valence-electron chi connectivity index (χ4n) is 0.675. The van der Waals surface area contributed by atoms with Crippen LogP contribution in [-0.2, 0) is 28.5 Å². The van der Waals surface area contributed by atoms with Gasteiger partial charge in [-0.25, -0.2) is 0 Å². The molecule has 0 bridgehead atoms. The summed E-state index contributed by atoms with van der Waals surface area (Å²) < 4.78 is 19.2. The Bertz CT molecular complexity index is 199. The highest BCUT2D eigenvalue weighted by atomic mass is 16.8. The van der Waals surface area contributed by atoms with Gasteiger partial charge >= 0.3 is 11.9 Å². The van der Waals surface area contributed by atoms with Gasteiger partial charge < -0.3 is 18.9 Å². The quantitative estimate of drug-likeness (QED) is 0.525. The van der Waals surface area contributed by atoms with E-state index in [1.165, 1.54) is 0 Å². The Morgan fingerprint density at radius 2 is 1.54 bits per heavy atom. The molecule has 0 N–H and O–H groups in total. The van der Waals surface area contributed by atoms with Crippen molar-refractivity contribution < 1.29 is 28.5 Å². The van der Waals surface area contributed by atoms with Gasteiger partial charge in [-0.15, -0.1) is 0 Å². The molecule has 6 nitrogen and oxygen atoms in total. The van der Waals surface area contributed by atoms with Gasteiger partial charge in [-0.1, -0.05) is 0 Å². The topological polar surface area (TPSA) is 71.1 Å². The number of rotatable bonds is 6. The molecule has 0 aromatic rings. The summed E-state index contributed by atoms with van der Waals surface area (Å²) in [6.45, 7) is -0.332. The highest BCUT2D eigenvalue weighted by Gasteiger charge is 2.21. The Morgan fingerprint density at radius 3 is 1.92 bits per heavy atom. The third-order valence-electron chi connectivity index (χ3n) is 1.11. The van der Waals surface area contributed by atoms with Gasteiger partial charge in [0.1, 0.15) is 13.2 Å². The first-order chi connectivity index (χ1) is 6.38. The number of aldehydes is 2. The molecule has 0 unspecified atom stereocenters. The van der Waals surface area contributed by atoms with E-state index in [0.29, 0.717) is 12.6 Å². The molecule has 72 valence electrons. The molecule has 1 aliphatic rings. The number of ether oxygens (including phenoxy) is 4. The van der Waals surface area contributed by atoms with Crippen molar-refractivity contribution in [2.24, 2.45) is 0 Å². The fourth-order valence-corrected chi connectivity index (χ4v) is 0.675. The largest absolute Gasteiger partial charge is 0.453 e. The lowest BCUT2D eigenvalue weighted by molar-refractivity contribution is -0.113. The van der Waals surface area contributed by atoms with Gasteiger partial charge in [-0.05, 0) is 0 Å². The van der Waals surface area contributed by atoms with Crippen molar-refractivity contribution in [2.45, 2.75) is 0 Å². The van der Waals surface area contributed by atoms with Crippen LogP contribution < -0.4 is 0 Å². The van der Waals surface area contributed by atoms with E-state index in [0.717, 1.165) is 0 Å². The van der Waals surface area contributed by atoms with Crippen molar-refractivity contribution in [1.82, 2.24) is 0 Å². The van der Waals surface area contributed by atoms with E-state index in [9.17, 15) is 9.59 Å². The molecule has 1 rings (SSSR count). The monoisotopic (exact) mass is 188 g/mol. The lowest BCUT2D eigenvalue weighted by Gasteiger charge is -2.02. The third kappa shape index (κ3) is 2.66. The van der Waals surface area contributed by atoms with Crippen molar-refractivity contribution in [3.05, 3.63) is 11.9 Å². The predicted molar refractivity (Wildman–Crippen MR) is 38.1 cm³/mol. The summed E-state index contributed by atoms with van der Waals surface area (Å²) in [6, 6.07) is 0. The molecule has 0 saturated carbocycles. The second kappa shape index (κ2) is 5.02. The standard InChI is InChI=1S/C7H8O6/c8-1-3-10-6-7(11-4-2-9)13-5-12-6/h1-2H,3-5H2. The zero-order valence-electron chi connectivity index (χ0n) is 6.73. The minimum atomic E-state index is -0.146. The Morgan fingerprint density at radius 1 is 1.08 bits per heavy atom. The van der Waals surface area contributed by atoms with Crippen LogP contribution in [0.5, 0.6) is 0 Å². The summed E-state index contributed by atoms with van der Waals surface area (Å²) in [5.74, 6) is -0.0112. The van der Waals surface area contributed by atoms with E-state index < -0.39 is 0 Å². The molecular weight excluding hydrogens is 180 g/mol. The second-order valence-corrected chi connectivity index (χ2v) is 1.94. The molecule has 0 spiro atoms. The molecule has 13 heavy (non-hydrogen) atoms. The highest BCUT2D eigenvalue weighted by Crippen LogP contribution is 2.17. The van der Waals surface area contributed by atoms with Crippen LogP contribution in [0.15, 0.2) is 11.9 Å². The molecular formula is C7H8O6. The Balaban J connectivity index is 2.44. The average molecular weight is 188 g/mol. The van der Waals surface area contributed by atoms with E-state index in [1.54, 1.807) is 0 Å². The van der Waals surface area contributed by atoms with E-state index in [4.69, 9.17) is 18.9 Å². The molecule has 0 saturated heterocycles. The second-order valence-electron chi connectivity index (χ2n) is 1.94. The first-order valence-electron chi connectivity index (χ1n) is 3.51. The lowest BCUT2D eigenvalue weighted by atomic mass is 10.8. The number of carbonyl (C=O) groups excluding carboxylic acids is 2. The Kier molecular flexibility index (Phi) is 3.62. The molecule has 1 aliphatic heterocycles. The van der Waals surface area contributed by atoms with E-state index in [1.807, 2.05) is 0 Å². The Labute approximate surface area is 74.0 Å². The molecule has 1 heterocycles.